The number of nitrogens with zero attached hydrogens (tertiary/aromatic N) is 2. The molecule has 4 rings (SSSR count). The Hall–Kier alpha value is -2.64. The van der Waals surface area contributed by atoms with E-state index in [0.717, 1.165) is 21.3 Å². The summed E-state index contributed by atoms with van der Waals surface area (Å²) in [6, 6.07) is 12.6. The quantitative estimate of drug-likeness (QED) is 0.653. The van der Waals surface area contributed by atoms with E-state index in [9.17, 15) is 9.18 Å². The Bertz CT molecular complexity index is 998. The van der Waals surface area contributed by atoms with Crippen molar-refractivity contribution in [1.82, 2.24) is 9.55 Å². The molecule has 2 heterocycles. The molecule has 150 valence electrons. The number of benzene rings is 2. The first-order chi connectivity index (χ1) is 14.1. The van der Waals surface area contributed by atoms with Crippen LogP contribution in [0.15, 0.2) is 64.6 Å². The van der Waals surface area contributed by atoms with Gasteiger partial charge in [0.15, 0.2) is 0 Å². The summed E-state index contributed by atoms with van der Waals surface area (Å²) in [6.07, 6.45) is 5.08. The maximum absolute atomic E-state index is 14.1. The third kappa shape index (κ3) is 4.86. The molecule has 0 saturated carbocycles. The van der Waals surface area contributed by atoms with Crippen LogP contribution in [0.5, 0.6) is 0 Å². The highest BCUT2D eigenvalue weighted by Crippen LogP contribution is 2.31. The van der Waals surface area contributed by atoms with Crippen LogP contribution >= 0.6 is 11.8 Å². The van der Waals surface area contributed by atoms with Crippen LogP contribution in [0.4, 0.5) is 10.1 Å². The number of hydrogen-bond acceptors (Lipinski definition) is 4. The first kappa shape index (κ1) is 19.7. The first-order valence-corrected chi connectivity index (χ1v) is 10.4. The SMILES string of the molecule is Cc1nccn1-c1ccc(Sc2cc(F)cc(NC(=O)C3CCOCC3)c2)cc1. The standard InChI is InChI=1S/C22H22FN3O2S/c1-15-24-8-9-26(15)19-2-4-20(5-3-19)29-21-13-17(23)12-18(14-21)25-22(27)16-6-10-28-11-7-16/h2-5,8-9,12-14,16H,6-7,10-11H2,1H3,(H,25,27). The molecule has 1 saturated heterocycles. The molecule has 29 heavy (non-hydrogen) atoms. The van der Waals surface area contributed by atoms with Gasteiger partial charge in [-0.15, -0.1) is 0 Å². The van der Waals surface area contributed by atoms with Crippen LogP contribution in [0.25, 0.3) is 5.69 Å². The van der Waals surface area contributed by atoms with Gasteiger partial charge in [-0.1, -0.05) is 11.8 Å². The van der Waals surface area contributed by atoms with E-state index in [0.29, 0.717) is 31.7 Å². The number of halogens is 1. The molecule has 2 aromatic carbocycles. The van der Waals surface area contributed by atoms with Gasteiger partial charge in [-0.25, -0.2) is 9.37 Å². The summed E-state index contributed by atoms with van der Waals surface area (Å²) in [4.78, 5) is 18.4. The monoisotopic (exact) mass is 411 g/mol. The van der Waals surface area contributed by atoms with Crippen molar-refractivity contribution < 1.29 is 13.9 Å². The zero-order chi connectivity index (χ0) is 20.2. The Morgan fingerprint density at radius 1 is 1.17 bits per heavy atom. The number of rotatable bonds is 5. The van der Waals surface area contributed by atoms with Gasteiger partial charge in [0.25, 0.3) is 0 Å². The summed E-state index contributed by atoms with van der Waals surface area (Å²) < 4.78 is 21.4. The smallest absolute Gasteiger partial charge is 0.227 e. The Kier molecular flexibility index (Phi) is 5.97. The summed E-state index contributed by atoms with van der Waals surface area (Å²) in [5.74, 6) is 0.389. The molecule has 0 atom stereocenters. The number of hydrogen-bond donors (Lipinski definition) is 1. The van der Waals surface area contributed by atoms with Crippen LogP contribution in [-0.4, -0.2) is 28.7 Å². The molecular weight excluding hydrogens is 389 g/mol. The van der Waals surface area contributed by atoms with Gasteiger partial charge < -0.3 is 14.6 Å². The number of ether oxygens (including phenoxy) is 1. The van der Waals surface area contributed by atoms with Gasteiger partial charge >= 0.3 is 0 Å². The van der Waals surface area contributed by atoms with E-state index >= 15 is 0 Å². The number of nitrogens with one attached hydrogen (secondary N) is 1. The van der Waals surface area contributed by atoms with Crippen molar-refractivity contribution in [3.8, 4) is 5.69 Å². The largest absolute Gasteiger partial charge is 0.381 e. The second-order valence-corrected chi connectivity index (χ2v) is 8.14. The zero-order valence-corrected chi connectivity index (χ0v) is 16.9. The van der Waals surface area contributed by atoms with E-state index in [1.165, 1.54) is 23.9 Å². The van der Waals surface area contributed by atoms with E-state index in [2.05, 4.69) is 10.3 Å². The Morgan fingerprint density at radius 2 is 1.93 bits per heavy atom. The molecule has 3 aromatic rings. The van der Waals surface area contributed by atoms with Gasteiger partial charge in [-0.2, -0.15) is 0 Å². The maximum Gasteiger partial charge on any atom is 0.227 e. The molecule has 1 amide bonds. The van der Waals surface area contributed by atoms with E-state index in [4.69, 9.17) is 4.74 Å². The predicted molar refractivity (Wildman–Crippen MR) is 111 cm³/mol. The predicted octanol–water partition coefficient (Wildman–Crippen LogP) is 4.84. The van der Waals surface area contributed by atoms with Crippen LogP contribution < -0.4 is 5.32 Å². The fraction of sp³-hybridized carbons (Fsp3) is 0.273. The highest BCUT2D eigenvalue weighted by Gasteiger charge is 2.21. The van der Waals surface area contributed by atoms with Crippen LogP contribution in [0.2, 0.25) is 0 Å². The highest BCUT2D eigenvalue weighted by atomic mass is 32.2. The highest BCUT2D eigenvalue weighted by molar-refractivity contribution is 7.99. The van der Waals surface area contributed by atoms with Gasteiger partial charge in [0, 0.05) is 52.7 Å². The summed E-state index contributed by atoms with van der Waals surface area (Å²) >= 11 is 1.45. The maximum atomic E-state index is 14.1. The topological polar surface area (TPSA) is 56.2 Å². The van der Waals surface area contributed by atoms with Gasteiger partial charge in [-0.3, -0.25) is 4.79 Å². The van der Waals surface area contributed by atoms with Crippen molar-refractivity contribution in [2.24, 2.45) is 5.92 Å². The molecule has 0 bridgehead atoms. The van der Waals surface area contributed by atoms with Crippen molar-refractivity contribution in [2.45, 2.75) is 29.6 Å². The Balaban J connectivity index is 1.46. The minimum atomic E-state index is -0.372. The first-order valence-electron chi connectivity index (χ1n) is 9.56. The zero-order valence-electron chi connectivity index (χ0n) is 16.1. The summed E-state index contributed by atoms with van der Waals surface area (Å²) in [7, 11) is 0. The number of anilines is 1. The lowest BCUT2D eigenvalue weighted by molar-refractivity contribution is -0.122. The third-order valence-corrected chi connectivity index (χ3v) is 5.89. The molecule has 1 aliphatic rings. The van der Waals surface area contributed by atoms with Gasteiger partial charge in [0.1, 0.15) is 11.6 Å². The summed E-state index contributed by atoms with van der Waals surface area (Å²) in [6.45, 7) is 3.14. The van der Waals surface area contributed by atoms with E-state index in [1.54, 1.807) is 12.3 Å². The third-order valence-electron chi connectivity index (χ3n) is 4.91. The molecule has 0 radical (unpaired) electrons. The lowest BCUT2D eigenvalue weighted by atomic mass is 9.99. The van der Waals surface area contributed by atoms with Crippen molar-refractivity contribution in [3.63, 3.8) is 0 Å². The Labute approximate surface area is 173 Å². The lowest BCUT2D eigenvalue weighted by Gasteiger charge is -2.21. The molecule has 5 nitrogen and oxygen atoms in total. The lowest BCUT2D eigenvalue weighted by Crippen LogP contribution is -2.28. The molecule has 1 fully saturated rings. The number of aryl methyl sites for hydroxylation is 1. The number of aromatic nitrogens is 2. The number of imidazole rings is 1. The molecule has 7 heteroatoms. The van der Waals surface area contributed by atoms with Crippen LogP contribution in [0.1, 0.15) is 18.7 Å². The summed E-state index contributed by atoms with van der Waals surface area (Å²) in [5.41, 5.74) is 1.50. The minimum absolute atomic E-state index is 0.0742. The molecule has 1 N–H and O–H groups in total. The summed E-state index contributed by atoms with van der Waals surface area (Å²) in [5, 5.41) is 2.85. The van der Waals surface area contributed by atoms with Crippen LogP contribution in [0, 0.1) is 18.7 Å². The van der Waals surface area contributed by atoms with Gasteiger partial charge in [0.05, 0.1) is 0 Å². The van der Waals surface area contributed by atoms with Crippen LogP contribution in [-0.2, 0) is 9.53 Å². The molecule has 0 unspecified atom stereocenters. The molecule has 1 aromatic heterocycles. The van der Waals surface area contributed by atoms with Crippen LogP contribution in [0.3, 0.4) is 0 Å². The van der Waals surface area contributed by atoms with E-state index < -0.39 is 0 Å². The Morgan fingerprint density at radius 3 is 2.62 bits per heavy atom. The van der Waals surface area contributed by atoms with Gasteiger partial charge in [-0.05, 0) is 62.2 Å². The fourth-order valence-electron chi connectivity index (χ4n) is 3.36. The molecule has 0 spiro atoms. The molecular formula is C22H22FN3O2S. The van der Waals surface area contributed by atoms with Crippen molar-refractivity contribution in [3.05, 3.63) is 66.5 Å². The van der Waals surface area contributed by atoms with Crippen molar-refractivity contribution in [2.75, 3.05) is 18.5 Å². The van der Waals surface area contributed by atoms with E-state index in [1.807, 2.05) is 42.0 Å². The number of amides is 1. The van der Waals surface area contributed by atoms with Crippen molar-refractivity contribution >= 4 is 23.4 Å². The second-order valence-electron chi connectivity index (χ2n) is 6.99. The fourth-order valence-corrected chi connectivity index (χ4v) is 4.26. The van der Waals surface area contributed by atoms with Crippen molar-refractivity contribution in [1.29, 1.82) is 0 Å². The van der Waals surface area contributed by atoms with E-state index in [-0.39, 0.29) is 17.6 Å². The number of carbonyl (C=O) groups is 1. The minimum Gasteiger partial charge on any atom is -0.381 e. The molecule has 0 aliphatic carbocycles. The number of carbonyl (C=O) groups excluding carboxylic acids is 1. The average molecular weight is 412 g/mol. The normalized spacial score (nSPS) is 14.7. The average Bonchev–Trinajstić information content (AvgIpc) is 3.15. The molecule has 1 aliphatic heterocycles. The second kappa shape index (κ2) is 8.80. The van der Waals surface area contributed by atoms with Gasteiger partial charge in [0.2, 0.25) is 5.91 Å².